The molecular formula is C14H18O2. The maximum absolute atomic E-state index is 10.8. The zero-order valence-corrected chi connectivity index (χ0v) is 9.90. The Morgan fingerprint density at radius 2 is 2.00 bits per heavy atom. The van der Waals surface area contributed by atoms with Crippen LogP contribution in [0, 0.1) is 0 Å². The van der Waals surface area contributed by atoms with Gasteiger partial charge in [-0.25, -0.2) is 0 Å². The van der Waals surface area contributed by atoms with Crippen LogP contribution in [-0.2, 0) is 9.53 Å². The van der Waals surface area contributed by atoms with Crippen LogP contribution in [0.1, 0.15) is 32.3 Å². The third kappa shape index (κ3) is 4.78. The van der Waals surface area contributed by atoms with E-state index in [9.17, 15) is 4.79 Å². The number of esters is 1. The molecule has 0 aliphatic carbocycles. The number of benzene rings is 1. The predicted octanol–water partition coefficient (Wildman–Crippen LogP) is 3.43. The number of carbonyl (C=O) groups is 1. The zero-order chi connectivity index (χ0) is 11.8. The van der Waals surface area contributed by atoms with E-state index in [-0.39, 0.29) is 5.97 Å². The molecule has 0 atom stereocenters. The molecule has 2 nitrogen and oxygen atoms in total. The molecule has 0 heterocycles. The van der Waals surface area contributed by atoms with Gasteiger partial charge in [0.15, 0.2) is 0 Å². The monoisotopic (exact) mass is 218 g/mol. The second-order valence-electron chi connectivity index (χ2n) is 3.74. The van der Waals surface area contributed by atoms with Crippen molar-refractivity contribution in [3.05, 3.63) is 41.5 Å². The molecule has 86 valence electrons. The number of hydrogen-bond donors (Lipinski definition) is 0. The van der Waals surface area contributed by atoms with Crippen molar-refractivity contribution in [1.82, 2.24) is 0 Å². The highest BCUT2D eigenvalue weighted by Crippen LogP contribution is 2.12. The first-order valence-electron chi connectivity index (χ1n) is 5.60. The van der Waals surface area contributed by atoms with Crippen LogP contribution in [0.25, 0.3) is 6.08 Å². The van der Waals surface area contributed by atoms with E-state index in [0.717, 1.165) is 24.0 Å². The maximum Gasteiger partial charge on any atom is 0.302 e. The fourth-order valence-electron chi connectivity index (χ4n) is 1.49. The van der Waals surface area contributed by atoms with Gasteiger partial charge in [-0.1, -0.05) is 49.8 Å². The first-order chi connectivity index (χ1) is 7.72. The van der Waals surface area contributed by atoms with Gasteiger partial charge in [0, 0.05) is 6.92 Å². The smallest absolute Gasteiger partial charge is 0.302 e. The number of carbonyl (C=O) groups excluding carboxylic acids is 1. The van der Waals surface area contributed by atoms with Crippen LogP contribution in [0.15, 0.2) is 35.9 Å². The standard InChI is InChI=1S/C14H18O2/c1-3-7-14(11-16-12(2)15)10-13-8-5-4-6-9-13/h4-6,8-10H,3,7,11H2,1-2H3. The minimum absolute atomic E-state index is 0.227. The van der Waals surface area contributed by atoms with Crippen molar-refractivity contribution in [2.45, 2.75) is 26.7 Å². The lowest BCUT2D eigenvalue weighted by Gasteiger charge is -2.06. The van der Waals surface area contributed by atoms with E-state index in [2.05, 4.69) is 13.0 Å². The van der Waals surface area contributed by atoms with Gasteiger partial charge in [0.1, 0.15) is 6.61 Å². The van der Waals surface area contributed by atoms with E-state index < -0.39 is 0 Å². The van der Waals surface area contributed by atoms with Gasteiger partial charge in [-0.2, -0.15) is 0 Å². The molecular weight excluding hydrogens is 200 g/mol. The molecule has 0 unspecified atom stereocenters. The van der Waals surface area contributed by atoms with Gasteiger partial charge in [0.2, 0.25) is 0 Å². The predicted molar refractivity (Wildman–Crippen MR) is 66.0 cm³/mol. The van der Waals surface area contributed by atoms with Gasteiger partial charge in [0.25, 0.3) is 0 Å². The lowest BCUT2D eigenvalue weighted by atomic mass is 10.1. The van der Waals surface area contributed by atoms with Crippen molar-refractivity contribution < 1.29 is 9.53 Å². The van der Waals surface area contributed by atoms with Crippen molar-refractivity contribution >= 4 is 12.0 Å². The fourth-order valence-corrected chi connectivity index (χ4v) is 1.49. The van der Waals surface area contributed by atoms with E-state index in [1.54, 1.807) is 0 Å². The summed E-state index contributed by atoms with van der Waals surface area (Å²) >= 11 is 0. The fraction of sp³-hybridized carbons (Fsp3) is 0.357. The SMILES string of the molecule is CCCC(=Cc1ccccc1)COC(C)=O. The summed E-state index contributed by atoms with van der Waals surface area (Å²) < 4.78 is 5.02. The van der Waals surface area contributed by atoms with Crippen molar-refractivity contribution in [3.8, 4) is 0 Å². The summed E-state index contributed by atoms with van der Waals surface area (Å²) in [6.07, 6.45) is 4.11. The molecule has 2 heteroatoms. The molecule has 0 aromatic heterocycles. The van der Waals surface area contributed by atoms with Gasteiger partial charge < -0.3 is 4.74 Å². The van der Waals surface area contributed by atoms with E-state index in [1.807, 2.05) is 30.3 Å². The Morgan fingerprint density at radius 3 is 2.56 bits per heavy atom. The van der Waals surface area contributed by atoms with E-state index in [4.69, 9.17) is 4.74 Å². The Labute approximate surface area is 96.9 Å². The highest BCUT2D eigenvalue weighted by molar-refractivity contribution is 5.66. The molecule has 0 spiro atoms. The molecule has 0 aliphatic rings. The largest absolute Gasteiger partial charge is 0.461 e. The summed E-state index contributed by atoms with van der Waals surface area (Å²) in [5, 5.41) is 0. The topological polar surface area (TPSA) is 26.3 Å². The molecule has 0 N–H and O–H groups in total. The lowest BCUT2D eigenvalue weighted by Crippen LogP contribution is -2.03. The van der Waals surface area contributed by atoms with Crippen LogP contribution in [0.5, 0.6) is 0 Å². The maximum atomic E-state index is 10.8. The van der Waals surface area contributed by atoms with Crippen LogP contribution in [0.2, 0.25) is 0 Å². The van der Waals surface area contributed by atoms with Crippen LogP contribution >= 0.6 is 0 Å². The first-order valence-corrected chi connectivity index (χ1v) is 5.60. The molecule has 0 amide bonds. The average Bonchev–Trinajstić information content (AvgIpc) is 2.27. The van der Waals surface area contributed by atoms with Crippen molar-refractivity contribution in [3.63, 3.8) is 0 Å². The van der Waals surface area contributed by atoms with E-state index in [0.29, 0.717) is 6.61 Å². The molecule has 0 aliphatic heterocycles. The zero-order valence-electron chi connectivity index (χ0n) is 9.90. The van der Waals surface area contributed by atoms with Gasteiger partial charge in [-0.3, -0.25) is 4.79 Å². The van der Waals surface area contributed by atoms with Crippen molar-refractivity contribution in [1.29, 1.82) is 0 Å². The van der Waals surface area contributed by atoms with E-state index in [1.165, 1.54) is 6.92 Å². The molecule has 0 radical (unpaired) electrons. The third-order valence-corrected chi connectivity index (χ3v) is 2.20. The molecule has 1 aromatic carbocycles. The summed E-state index contributed by atoms with van der Waals surface area (Å²) in [4.78, 5) is 10.8. The van der Waals surface area contributed by atoms with Gasteiger partial charge in [-0.15, -0.1) is 0 Å². The highest BCUT2D eigenvalue weighted by atomic mass is 16.5. The summed E-state index contributed by atoms with van der Waals surface area (Å²) in [5.41, 5.74) is 2.31. The van der Waals surface area contributed by atoms with E-state index >= 15 is 0 Å². The molecule has 0 fully saturated rings. The van der Waals surface area contributed by atoms with Crippen LogP contribution in [-0.4, -0.2) is 12.6 Å². The lowest BCUT2D eigenvalue weighted by molar-refractivity contribution is -0.140. The summed E-state index contributed by atoms with van der Waals surface area (Å²) in [7, 11) is 0. The van der Waals surface area contributed by atoms with Crippen LogP contribution < -0.4 is 0 Å². The minimum Gasteiger partial charge on any atom is -0.461 e. The quantitative estimate of drug-likeness (QED) is 0.708. The summed E-state index contributed by atoms with van der Waals surface area (Å²) in [6, 6.07) is 10.1. The van der Waals surface area contributed by atoms with Crippen molar-refractivity contribution in [2.24, 2.45) is 0 Å². The van der Waals surface area contributed by atoms with Crippen molar-refractivity contribution in [2.75, 3.05) is 6.61 Å². The Balaban J connectivity index is 2.68. The number of hydrogen-bond acceptors (Lipinski definition) is 2. The molecule has 0 bridgehead atoms. The normalized spacial score (nSPS) is 11.2. The Bertz CT molecular complexity index is 352. The molecule has 1 aromatic rings. The van der Waals surface area contributed by atoms with Gasteiger partial charge in [-0.05, 0) is 17.6 Å². The first kappa shape index (κ1) is 12.5. The summed E-state index contributed by atoms with van der Waals surface area (Å²) in [5.74, 6) is -0.227. The Hall–Kier alpha value is -1.57. The Kier molecular flexibility index (Phi) is 5.34. The minimum atomic E-state index is -0.227. The van der Waals surface area contributed by atoms with Gasteiger partial charge in [0.05, 0.1) is 0 Å². The molecule has 0 saturated carbocycles. The second-order valence-corrected chi connectivity index (χ2v) is 3.74. The molecule has 16 heavy (non-hydrogen) atoms. The Morgan fingerprint density at radius 1 is 1.31 bits per heavy atom. The second kappa shape index (κ2) is 6.83. The summed E-state index contributed by atoms with van der Waals surface area (Å²) in [6.45, 7) is 3.96. The van der Waals surface area contributed by atoms with Gasteiger partial charge >= 0.3 is 5.97 Å². The average molecular weight is 218 g/mol. The molecule has 1 rings (SSSR count). The van der Waals surface area contributed by atoms with Crippen LogP contribution in [0.4, 0.5) is 0 Å². The number of ether oxygens (including phenoxy) is 1. The molecule has 0 saturated heterocycles. The number of rotatable bonds is 5. The highest BCUT2D eigenvalue weighted by Gasteiger charge is 2.00. The van der Waals surface area contributed by atoms with Crippen LogP contribution in [0.3, 0.4) is 0 Å². The third-order valence-electron chi connectivity index (χ3n) is 2.20.